The largest absolute Gasteiger partial charge is 0.478 e. The Morgan fingerprint density at radius 2 is 2.18 bits per heavy atom. The monoisotopic (exact) mass is 233 g/mol. The van der Waals surface area contributed by atoms with Gasteiger partial charge >= 0.3 is 0 Å². The molecule has 0 bridgehead atoms. The highest BCUT2D eigenvalue weighted by Gasteiger charge is 2.12. The molecule has 0 aliphatic rings. The third-order valence-electron chi connectivity index (χ3n) is 2.25. The molecule has 1 aromatic heterocycles. The number of ether oxygens (including phenoxy) is 1. The molecule has 1 N–H and O–H groups in total. The second kappa shape index (κ2) is 6.09. The van der Waals surface area contributed by atoms with E-state index in [1.165, 1.54) is 0 Å². The highest BCUT2D eigenvalue weighted by Crippen LogP contribution is 2.14. The summed E-state index contributed by atoms with van der Waals surface area (Å²) in [5, 5.41) is 3.13. The van der Waals surface area contributed by atoms with Gasteiger partial charge in [0.1, 0.15) is 0 Å². The zero-order chi connectivity index (χ0) is 12.8. The van der Waals surface area contributed by atoms with Crippen LogP contribution in [0.4, 0.5) is 5.95 Å². The van der Waals surface area contributed by atoms with E-state index >= 15 is 0 Å². The Balaban J connectivity index is 2.87. The van der Waals surface area contributed by atoms with E-state index in [1.807, 2.05) is 13.8 Å². The van der Waals surface area contributed by atoms with E-state index in [4.69, 9.17) is 11.2 Å². The molecule has 0 aromatic carbocycles. The lowest BCUT2D eigenvalue weighted by Crippen LogP contribution is -2.25. The Morgan fingerprint density at radius 3 is 2.71 bits per heavy atom. The molecule has 0 radical (unpaired) electrons. The molecule has 0 amide bonds. The molecule has 1 rings (SSSR count). The van der Waals surface area contributed by atoms with E-state index in [0.717, 1.165) is 5.69 Å². The van der Waals surface area contributed by atoms with Gasteiger partial charge in [-0.2, -0.15) is 4.98 Å². The van der Waals surface area contributed by atoms with Crippen molar-refractivity contribution in [1.82, 2.24) is 9.97 Å². The summed E-state index contributed by atoms with van der Waals surface area (Å²) in [6.45, 7) is 8.50. The van der Waals surface area contributed by atoms with Crippen LogP contribution in [-0.4, -0.2) is 22.6 Å². The van der Waals surface area contributed by atoms with Crippen molar-refractivity contribution in [2.24, 2.45) is 5.92 Å². The zero-order valence-corrected chi connectivity index (χ0v) is 10.8. The minimum absolute atomic E-state index is 0.0775. The van der Waals surface area contributed by atoms with E-state index in [0.29, 0.717) is 24.4 Å². The Kier molecular flexibility index (Phi) is 4.77. The molecule has 1 atom stereocenters. The molecule has 17 heavy (non-hydrogen) atoms. The second-order valence-electron chi connectivity index (χ2n) is 4.14. The standard InChI is InChI=1S/C13H19N3O/c1-6-11(9(3)4)15-13-14-10(5)8-12(16-13)17-7-2/h1,8-9,11H,7H2,2-5H3,(H,14,15,16). The van der Waals surface area contributed by atoms with Crippen molar-refractivity contribution in [2.75, 3.05) is 11.9 Å². The smallest absolute Gasteiger partial charge is 0.227 e. The van der Waals surface area contributed by atoms with Crippen molar-refractivity contribution >= 4 is 5.95 Å². The van der Waals surface area contributed by atoms with Crippen LogP contribution >= 0.6 is 0 Å². The minimum atomic E-state index is -0.0775. The first kappa shape index (κ1) is 13.3. The summed E-state index contributed by atoms with van der Waals surface area (Å²) in [5.74, 6) is 4.10. The van der Waals surface area contributed by atoms with Crippen LogP contribution in [-0.2, 0) is 0 Å². The van der Waals surface area contributed by atoms with Gasteiger partial charge in [0.25, 0.3) is 0 Å². The number of nitrogens with zero attached hydrogens (tertiary/aromatic N) is 2. The first-order chi connectivity index (χ1) is 8.06. The average Bonchev–Trinajstić information content (AvgIpc) is 2.25. The molecule has 0 saturated heterocycles. The van der Waals surface area contributed by atoms with Gasteiger partial charge in [-0.15, -0.1) is 6.42 Å². The van der Waals surface area contributed by atoms with E-state index < -0.39 is 0 Å². The molecule has 92 valence electrons. The molecule has 0 saturated carbocycles. The summed E-state index contributed by atoms with van der Waals surface area (Å²) in [4.78, 5) is 8.54. The first-order valence-electron chi connectivity index (χ1n) is 5.78. The number of aromatic nitrogens is 2. The Hall–Kier alpha value is -1.76. The Bertz CT molecular complexity index is 410. The number of hydrogen-bond acceptors (Lipinski definition) is 4. The van der Waals surface area contributed by atoms with Gasteiger partial charge in [0.15, 0.2) is 0 Å². The van der Waals surface area contributed by atoms with E-state index in [-0.39, 0.29) is 6.04 Å². The van der Waals surface area contributed by atoms with Crippen molar-refractivity contribution in [3.8, 4) is 18.2 Å². The molecule has 1 unspecified atom stereocenters. The second-order valence-corrected chi connectivity index (χ2v) is 4.14. The lowest BCUT2D eigenvalue weighted by atomic mass is 10.1. The maximum Gasteiger partial charge on any atom is 0.227 e. The number of anilines is 1. The van der Waals surface area contributed by atoms with Gasteiger partial charge in [0.05, 0.1) is 12.6 Å². The summed E-state index contributed by atoms with van der Waals surface area (Å²) in [7, 11) is 0. The number of nitrogens with one attached hydrogen (secondary N) is 1. The fraction of sp³-hybridized carbons (Fsp3) is 0.538. The molecule has 4 nitrogen and oxygen atoms in total. The summed E-state index contributed by atoms with van der Waals surface area (Å²) >= 11 is 0. The van der Waals surface area contributed by atoms with Crippen LogP contribution in [0.3, 0.4) is 0 Å². The summed E-state index contributed by atoms with van der Waals surface area (Å²) in [5.41, 5.74) is 0.852. The van der Waals surface area contributed by atoms with E-state index in [9.17, 15) is 0 Å². The molecule has 0 aliphatic carbocycles. The highest BCUT2D eigenvalue weighted by atomic mass is 16.5. The number of terminal acetylenes is 1. The van der Waals surface area contributed by atoms with Crippen molar-refractivity contribution in [1.29, 1.82) is 0 Å². The molecule has 1 heterocycles. The predicted molar refractivity (Wildman–Crippen MR) is 69.0 cm³/mol. The van der Waals surface area contributed by atoms with Gasteiger partial charge < -0.3 is 10.1 Å². The average molecular weight is 233 g/mol. The van der Waals surface area contributed by atoms with Crippen molar-refractivity contribution < 1.29 is 4.74 Å². The quantitative estimate of drug-likeness (QED) is 0.792. The van der Waals surface area contributed by atoms with Gasteiger partial charge in [0, 0.05) is 11.8 Å². The van der Waals surface area contributed by atoms with Gasteiger partial charge in [-0.25, -0.2) is 4.98 Å². The van der Waals surface area contributed by atoms with Crippen LogP contribution in [0.1, 0.15) is 26.5 Å². The molecular weight excluding hydrogens is 214 g/mol. The fourth-order valence-corrected chi connectivity index (χ4v) is 1.37. The maximum atomic E-state index is 5.46. The summed E-state index contributed by atoms with van der Waals surface area (Å²) < 4.78 is 5.36. The van der Waals surface area contributed by atoms with Gasteiger partial charge in [-0.05, 0) is 19.8 Å². The molecule has 0 aliphatic heterocycles. The van der Waals surface area contributed by atoms with Gasteiger partial charge in [0.2, 0.25) is 11.8 Å². The Labute approximate surface area is 103 Å². The number of rotatable bonds is 5. The van der Waals surface area contributed by atoms with Crippen molar-refractivity contribution in [3.63, 3.8) is 0 Å². The van der Waals surface area contributed by atoms with Crippen LogP contribution < -0.4 is 10.1 Å². The lowest BCUT2D eigenvalue weighted by molar-refractivity contribution is 0.326. The third-order valence-corrected chi connectivity index (χ3v) is 2.25. The number of hydrogen-bond donors (Lipinski definition) is 1. The summed E-state index contributed by atoms with van der Waals surface area (Å²) in [6, 6.07) is 1.72. The minimum Gasteiger partial charge on any atom is -0.478 e. The SMILES string of the molecule is C#CC(Nc1nc(C)cc(OCC)n1)C(C)C. The van der Waals surface area contributed by atoms with Crippen LogP contribution in [0.15, 0.2) is 6.07 Å². The molecule has 0 fully saturated rings. The van der Waals surface area contributed by atoms with Crippen molar-refractivity contribution in [2.45, 2.75) is 33.7 Å². The van der Waals surface area contributed by atoms with E-state index in [1.54, 1.807) is 6.07 Å². The highest BCUT2D eigenvalue weighted by molar-refractivity contribution is 5.34. The van der Waals surface area contributed by atoms with Crippen molar-refractivity contribution in [3.05, 3.63) is 11.8 Å². The first-order valence-corrected chi connectivity index (χ1v) is 5.78. The zero-order valence-electron chi connectivity index (χ0n) is 10.8. The van der Waals surface area contributed by atoms with Crippen LogP contribution in [0, 0.1) is 25.2 Å². The third kappa shape index (κ3) is 3.95. The Morgan fingerprint density at radius 1 is 1.47 bits per heavy atom. The molecule has 0 spiro atoms. The van der Waals surface area contributed by atoms with Crippen LogP contribution in [0.2, 0.25) is 0 Å². The van der Waals surface area contributed by atoms with Gasteiger partial charge in [-0.1, -0.05) is 19.8 Å². The topological polar surface area (TPSA) is 47.0 Å². The molecular formula is C13H19N3O. The van der Waals surface area contributed by atoms with Crippen LogP contribution in [0.25, 0.3) is 0 Å². The van der Waals surface area contributed by atoms with E-state index in [2.05, 4.69) is 35.1 Å². The lowest BCUT2D eigenvalue weighted by Gasteiger charge is -2.17. The number of aryl methyl sites for hydroxylation is 1. The molecule has 4 heteroatoms. The van der Waals surface area contributed by atoms with Crippen LogP contribution in [0.5, 0.6) is 5.88 Å². The summed E-state index contributed by atoms with van der Waals surface area (Å²) in [6.07, 6.45) is 5.46. The fourth-order valence-electron chi connectivity index (χ4n) is 1.37. The maximum absolute atomic E-state index is 5.46. The normalized spacial score (nSPS) is 12.0. The van der Waals surface area contributed by atoms with Gasteiger partial charge in [-0.3, -0.25) is 0 Å². The predicted octanol–water partition coefficient (Wildman–Crippen LogP) is 2.25. The molecule has 1 aromatic rings.